The summed E-state index contributed by atoms with van der Waals surface area (Å²) in [5, 5.41) is 6.77. The van der Waals surface area contributed by atoms with Crippen LogP contribution in [0, 0.1) is 0 Å². The summed E-state index contributed by atoms with van der Waals surface area (Å²) in [6.07, 6.45) is 1.65. The Morgan fingerprint density at radius 3 is 3.20 bits per heavy atom. The smallest absolute Gasteiger partial charge is 0.0853 e. The van der Waals surface area contributed by atoms with Crippen molar-refractivity contribution in [2.75, 3.05) is 26.2 Å². The number of morpholine rings is 1. The molecule has 2 atom stereocenters. The third kappa shape index (κ3) is 1.17. The largest absolute Gasteiger partial charge is 0.374 e. The lowest BCUT2D eigenvalue weighted by molar-refractivity contribution is -0.0152. The maximum atomic E-state index is 5.56. The number of ether oxygens (including phenoxy) is 1. The highest BCUT2D eigenvalue weighted by Gasteiger charge is 2.27. The first-order valence-electron chi connectivity index (χ1n) is 4.02. The lowest BCUT2D eigenvalue weighted by atomic mass is 10.0. The number of nitrogens with one attached hydrogen (secondary N) is 2. The minimum absolute atomic E-state index is 0.433. The van der Waals surface area contributed by atoms with Gasteiger partial charge in [-0.3, -0.25) is 0 Å². The van der Waals surface area contributed by atoms with Crippen LogP contribution in [-0.4, -0.2) is 38.4 Å². The molecule has 3 heteroatoms. The van der Waals surface area contributed by atoms with Crippen LogP contribution in [0.3, 0.4) is 0 Å². The fraction of sp³-hybridized carbons (Fsp3) is 1.00. The van der Waals surface area contributed by atoms with Crippen molar-refractivity contribution in [1.29, 1.82) is 0 Å². The van der Waals surface area contributed by atoms with Crippen molar-refractivity contribution < 1.29 is 4.74 Å². The monoisotopic (exact) mass is 142 g/mol. The molecule has 2 fully saturated rings. The second-order valence-corrected chi connectivity index (χ2v) is 2.96. The van der Waals surface area contributed by atoms with Crippen molar-refractivity contribution in [3.8, 4) is 0 Å². The molecule has 2 heterocycles. The molecule has 2 N–H and O–H groups in total. The number of piperidine rings is 1. The van der Waals surface area contributed by atoms with Crippen LogP contribution in [0.4, 0.5) is 0 Å². The molecule has 0 unspecified atom stereocenters. The number of hydrogen-bond donors (Lipinski definition) is 2. The van der Waals surface area contributed by atoms with Crippen LogP contribution in [0.1, 0.15) is 6.42 Å². The third-order valence-corrected chi connectivity index (χ3v) is 2.27. The maximum absolute atomic E-state index is 5.56. The highest BCUT2D eigenvalue weighted by atomic mass is 16.5. The SMILES string of the molecule is C1C[C@H]2NCCO[C@H]2CN1. The van der Waals surface area contributed by atoms with Crippen LogP contribution in [0.5, 0.6) is 0 Å². The van der Waals surface area contributed by atoms with Gasteiger partial charge in [-0.05, 0) is 13.0 Å². The minimum Gasteiger partial charge on any atom is -0.374 e. The minimum atomic E-state index is 0.433. The van der Waals surface area contributed by atoms with Crippen LogP contribution in [-0.2, 0) is 4.74 Å². The van der Waals surface area contributed by atoms with Gasteiger partial charge in [0, 0.05) is 19.1 Å². The molecule has 3 nitrogen and oxygen atoms in total. The number of fused-ring (bicyclic) bond motifs is 1. The molecule has 2 rings (SSSR count). The van der Waals surface area contributed by atoms with Crippen LogP contribution in [0.15, 0.2) is 0 Å². The summed E-state index contributed by atoms with van der Waals surface area (Å²) in [5.41, 5.74) is 0. The third-order valence-electron chi connectivity index (χ3n) is 2.27. The Balaban J connectivity index is 1.93. The molecule has 0 bridgehead atoms. The normalized spacial score (nSPS) is 40.8. The highest BCUT2D eigenvalue weighted by Crippen LogP contribution is 2.10. The molecular formula is C7H14N2O. The molecule has 0 aromatic heterocycles. The molecule has 0 aromatic rings. The molecule has 10 heavy (non-hydrogen) atoms. The predicted molar refractivity (Wildman–Crippen MR) is 39.0 cm³/mol. The van der Waals surface area contributed by atoms with Crippen molar-refractivity contribution in [3.63, 3.8) is 0 Å². The first-order chi connectivity index (χ1) is 4.97. The van der Waals surface area contributed by atoms with Gasteiger partial charge < -0.3 is 15.4 Å². The van der Waals surface area contributed by atoms with Crippen molar-refractivity contribution in [3.05, 3.63) is 0 Å². The quantitative estimate of drug-likeness (QED) is 0.471. The van der Waals surface area contributed by atoms with E-state index in [0.717, 1.165) is 26.2 Å². The molecule has 0 aromatic carbocycles. The second-order valence-electron chi connectivity index (χ2n) is 2.96. The standard InChI is InChI=1S/C7H14N2O/c1-2-8-5-7-6(1)9-3-4-10-7/h6-9H,1-5H2/t6-,7+/m1/s1. The van der Waals surface area contributed by atoms with Crippen LogP contribution >= 0.6 is 0 Å². The molecular weight excluding hydrogens is 128 g/mol. The first-order valence-corrected chi connectivity index (χ1v) is 4.02. The molecule has 0 saturated carbocycles. The Labute approximate surface area is 61.1 Å². The predicted octanol–water partition coefficient (Wildman–Crippen LogP) is -0.663. The zero-order chi connectivity index (χ0) is 6.81. The van der Waals surface area contributed by atoms with Gasteiger partial charge in [-0.1, -0.05) is 0 Å². The van der Waals surface area contributed by atoms with Crippen molar-refractivity contribution in [1.82, 2.24) is 10.6 Å². The van der Waals surface area contributed by atoms with E-state index < -0.39 is 0 Å². The van der Waals surface area contributed by atoms with Gasteiger partial charge in [-0.2, -0.15) is 0 Å². The van der Waals surface area contributed by atoms with Crippen molar-refractivity contribution in [2.24, 2.45) is 0 Å². The van der Waals surface area contributed by atoms with Gasteiger partial charge in [0.25, 0.3) is 0 Å². The summed E-state index contributed by atoms with van der Waals surface area (Å²) < 4.78 is 5.56. The summed E-state index contributed by atoms with van der Waals surface area (Å²) in [7, 11) is 0. The fourth-order valence-corrected chi connectivity index (χ4v) is 1.69. The molecule has 0 radical (unpaired) electrons. The Bertz CT molecular complexity index is 92.2. The fourth-order valence-electron chi connectivity index (χ4n) is 1.69. The highest BCUT2D eigenvalue weighted by molar-refractivity contribution is 4.86. The molecule has 0 aliphatic carbocycles. The maximum Gasteiger partial charge on any atom is 0.0853 e. The summed E-state index contributed by atoms with van der Waals surface area (Å²) in [5.74, 6) is 0. The van der Waals surface area contributed by atoms with E-state index in [2.05, 4.69) is 10.6 Å². The number of rotatable bonds is 0. The van der Waals surface area contributed by atoms with E-state index in [1.807, 2.05) is 0 Å². The molecule has 2 aliphatic heterocycles. The van der Waals surface area contributed by atoms with Crippen LogP contribution in [0.2, 0.25) is 0 Å². The summed E-state index contributed by atoms with van der Waals surface area (Å²) in [6.45, 7) is 4.07. The molecule has 2 aliphatic rings. The summed E-state index contributed by atoms with van der Waals surface area (Å²) in [6, 6.07) is 0.620. The number of hydrogen-bond acceptors (Lipinski definition) is 3. The average Bonchev–Trinajstić information content (AvgIpc) is 2.05. The van der Waals surface area contributed by atoms with Gasteiger partial charge in [0.2, 0.25) is 0 Å². The Hall–Kier alpha value is -0.120. The van der Waals surface area contributed by atoms with Gasteiger partial charge in [0.1, 0.15) is 0 Å². The van der Waals surface area contributed by atoms with E-state index in [9.17, 15) is 0 Å². The molecule has 0 spiro atoms. The first kappa shape index (κ1) is 6.58. The zero-order valence-electron chi connectivity index (χ0n) is 6.10. The van der Waals surface area contributed by atoms with E-state index >= 15 is 0 Å². The van der Waals surface area contributed by atoms with Gasteiger partial charge >= 0.3 is 0 Å². The van der Waals surface area contributed by atoms with E-state index in [1.54, 1.807) is 0 Å². The molecule has 2 saturated heterocycles. The average molecular weight is 142 g/mol. The van der Waals surface area contributed by atoms with Crippen molar-refractivity contribution >= 4 is 0 Å². The van der Waals surface area contributed by atoms with Crippen LogP contribution < -0.4 is 10.6 Å². The summed E-state index contributed by atoms with van der Waals surface area (Å²) in [4.78, 5) is 0. The van der Waals surface area contributed by atoms with Gasteiger partial charge in [0.05, 0.1) is 12.7 Å². The Morgan fingerprint density at radius 1 is 1.30 bits per heavy atom. The lowest BCUT2D eigenvalue weighted by Crippen LogP contribution is -2.56. The summed E-state index contributed by atoms with van der Waals surface area (Å²) >= 11 is 0. The second kappa shape index (κ2) is 2.86. The molecule has 58 valence electrons. The van der Waals surface area contributed by atoms with E-state index in [-0.39, 0.29) is 0 Å². The van der Waals surface area contributed by atoms with E-state index in [4.69, 9.17) is 4.74 Å². The van der Waals surface area contributed by atoms with Crippen LogP contribution in [0.25, 0.3) is 0 Å². The van der Waals surface area contributed by atoms with E-state index in [0.29, 0.717) is 12.1 Å². The van der Waals surface area contributed by atoms with E-state index in [1.165, 1.54) is 6.42 Å². The zero-order valence-corrected chi connectivity index (χ0v) is 6.10. The van der Waals surface area contributed by atoms with Gasteiger partial charge in [0.15, 0.2) is 0 Å². The Kier molecular flexibility index (Phi) is 1.88. The molecule has 0 amide bonds. The van der Waals surface area contributed by atoms with Crippen molar-refractivity contribution in [2.45, 2.75) is 18.6 Å². The lowest BCUT2D eigenvalue weighted by Gasteiger charge is -2.36. The Morgan fingerprint density at radius 2 is 2.30 bits per heavy atom. The van der Waals surface area contributed by atoms with Gasteiger partial charge in [-0.15, -0.1) is 0 Å². The topological polar surface area (TPSA) is 33.3 Å². The van der Waals surface area contributed by atoms with Gasteiger partial charge in [-0.25, -0.2) is 0 Å².